The number of nitrogens with zero attached hydrogens (tertiary/aromatic N) is 2. The van der Waals surface area contributed by atoms with Crippen LogP contribution in [0.4, 0.5) is 5.82 Å². The second kappa shape index (κ2) is 24.9. The summed E-state index contributed by atoms with van der Waals surface area (Å²) in [5.74, 6) is 4.76. The predicted molar refractivity (Wildman–Crippen MR) is 204 cm³/mol. The molecule has 0 radical (unpaired) electrons. The Morgan fingerprint density at radius 1 is 1.09 bits per heavy atom. The van der Waals surface area contributed by atoms with E-state index in [0.717, 1.165) is 4.57 Å². The number of amides is 3. The van der Waals surface area contributed by atoms with Crippen molar-refractivity contribution in [2.75, 3.05) is 49.3 Å². The molecule has 0 aliphatic carbocycles. The molecule has 2 heterocycles. The van der Waals surface area contributed by atoms with Gasteiger partial charge in [0.05, 0.1) is 31.1 Å². The van der Waals surface area contributed by atoms with E-state index in [9.17, 15) is 42.9 Å². The fraction of sp³-hybridized carbons (Fsp3) is 0.655. The summed E-state index contributed by atoms with van der Waals surface area (Å²) >= 11 is 3.95. The number of esters is 1. The molecule has 1 fully saturated rings. The third-order valence-corrected chi connectivity index (χ3v) is 11.0. The minimum absolute atomic E-state index is 0.0534. The number of thiol groups is 1. The Kier molecular flexibility index (Phi) is 21.9. The molecule has 3 amide bonds. The first-order valence-electron chi connectivity index (χ1n) is 16.7. The van der Waals surface area contributed by atoms with Crippen molar-refractivity contribution in [2.45, 2.75) is 76.3 Å². The lowest BCUT2D eigenvalue weighted by molar-refractivity contribution is -0.143. The average Bonchev–Trinajstić information content (AvgIpc) is 3.49. The molecule has 26 heteroatoms. The van der Waals surface area contributed by atoms with Crippen molar-refractivity contribution in [1.82, 2.24) is 25.5 Å². The molecule has 0 aromatic carbocycles. The van der Waals surface area contributed by atoms with E-state index in [4.69, 9.17) is 25.0 Å². The number of aromatic nitrogens is 2. The summed E-state index contributed by atoms with van der Waals surface area (Å²) in [7, 11) is -7.15. The molecule has 9 N–H and O–H groups in total. The summed E-state index contributed by atoms with van der Waals surface area (Å²) in [6.07, 6.45) is -0.379. The van der Waals surface area contributed by atoms with Gasteiger partial charge in [-0.05, 0) is 26.2 Å². The molecule has 1 aromatic rings. The summed E-state index contributed by atoms with van der Waals surface area (Å²) in [4.78, 5) is 101. The second-order valence-electron chi connectivity index (χ2n) is 11.5. The van der Waals surface area contributed by atoms with E-state index in [1.54, 1.807) is 6.92 Å². The first kappa shape index (κ1) is 48.5. The van der Waals surface area contributed by atoms with E-state index in [0.29, 0.717) is 56.8 Å². The van der Waals surface area contributed by atoms with Gasteiger partial charge in [-0.1, -0.05) is 39.8 Å². The van der Waals surface area contributed by atoms with Crippen LogP contribution < -0.4 is 27.4 Å². The van der Waals surface area contributed by atoms with Crippen LogP contribution in [0.15, 0.2) is 11.0 Å². The van der Waals surface area contributed by atoms with Gasteiger partial charge in [0.2, 0.25) is 17.7 Å². The van der Waals surface area contributed by atoms with Crippen LogP contribution in [0.25, 0.3) is 0 Å². The molecule has 1 aromatic heterocycles. The zero-order valence-corrected chi connectivity index (χ0v) is 34.0. The zero-order valence-electron chi connectivity index (χ0n) is 29.7. The van der Waals surface area contributed by atoms with Gasteiger partial charge in [0.25, 0.3) is 0 Å². The monoisotopic (exact) mass is 876 g/mol. The quantitative estimate of drug-likeness (QED) is 0.0165. The largest absolute Gasteiger partial charge is 0.469 e. The molecular weight excluding hydrogens is 830 g/mol. The van der Waals surface area contributed by atoms with Crippen molar-refractivity contribution in [1.29, 1.82) is 0 Å². The summed E-state index contributed by atoms with van der Waals surface area (Å²) < 4.78 is 43.0. The van der Waals surface area contributed by atoms with E-state index in [1.165, 1.54) is 27.8 Å². The molecule has 0 saturated carbocycles. The summed E-state index contributed by atoms with van der Waals surface area (Å²) in [6.45, 7) is 1.50. The third-order valence-electron chi connectivity index (χ3n) is 7.16. The molecule has 1 aliphatic heterocycles. The van der Waals surface area contributed by atoms with Crippen LogP contribution in [-0.4, -0.2) is 115 Å². The Hall–Kier alpha value is -2.65. The van der Waals surface area contributed by atoms with Gasteiger partial charge in [-0.25, -0.2) is 13.9 Å². The number of carbonyl (C=O) groups is 4. The number of rotatable bonds is 24. The first-order chi connectivity index (χ1) is 25.9. The Bertz CT molecular complexity index is 1670. The molecule has 21 nitrogen and oxygen atoms in total. The van der Waals surface area contributed by atoms with Crippen LogP contribution in [0, 0.1) is 11.8 Å². The van der Waals surface area contributed by atoms with Gasteiger partial charge in [0, 0.05) is 43.5 Å². The molecule has 0 bridgehead atoms. The number of hydrogen-bond donors (Lipinski definition) is 9. The van der Waals surface area contributed by atoms with Crippen molar-refractivity contribution in [2.24, 2.45) is 0 Å². The number of phosphoric ester groups is 2. The second-order valence-corrected chi connectivity index (χ2v) is 16.9. The predicted octanol–water partition coefficient (Wildman–Crippen LogP) is -0.0162. The highest BCUT2D eigenvalue weighted by Crippen LogP contribution is 2.45. The SMILES string of the molecule is CCOC(=O)CCCSSCC(NC(=O)CS)C(=O)NCCCCCC(=O)NCC#Cc1cn(C2CC(OP(=O)(O)O)C(COP(=O)(O)O)O2)c(=O)nc1N. The van der Waals surface area contributed by atoms with E-state index in [2.05, 4.69) is 54.5 Å². The summed E-state index contributed by atoms with van der Waals surface area (Å²) in [6, 6.07) is -0.766. The number of nitrogens with one attached hydrogen (secondary N) is 3. The van der Waals surface area contributed by atoms with Crippen LogP contribution in [0.3, 0.4) is 0 Å². The topological polar surface area (TPSA) is 317 Å². The highest BCUT2D eigenvalue weighted by molar-refractivity contribution is 8.76. The fourth-order valence-electron chi connectivity index (χ4n) is 4.66. The lowest BCUT2D eigenvalue weighted by atomic mass is 10.2. The van der Waals surface area contributed by atoms with E-state index in [-0.39, 0.29) is 60.2 Å². The number of hydrogen-bond acceptors (Lipinski definition) is 16. The molecule has 4 atom stereocenters. The molecular formula is C29H46N6O15P2S3. The Morgan fingerprint density at radius 2 is 1.84 bits per heavy atom. The fourth-order valence-corrected chi connectivity index (χ4v) is 7.92. The first-order valence-corrected chi connectivity index (χ1v) is 22.9. The van der Waals surface area contributed by atoms with Crippen molar-refractivity contribution in [3.05, 3.63) is 22.2 Å². The molecule has 310 valence electrons. The molecule has 4 unspecified atom stereocenters. The lowest BCUT2D eigenvalue weighted by Gasteiger charge is -2.19. The number of nitrogens with two attached hydrogens (primary N) is 1. The molecule has 2 rings (SSSR count). The Labute approximate surface area is 330 Å². The molecule has 1 saturated heterocycles. The van der Waals surface area contributed by atoms with Crippen LogP contribution in [0.5, 0.6) is 0 Å². The van der Waals surface area contributed by atoms with E-state index >= 15 is 0 Å². The smallest absolute Gasteiger partial charge is 0.466 e. The maximum atomic E-state index is 12.7. The van der Waals surface area contributed by atoms with Gasteiger partial charge in [-0.3, -0.25) is 32.8 Å². The highest BCUT2D eigenvalue weighted by Gasteiger charge is 2.42. The highest BCUT2D eigenvalue weighted by atomic mass is 33.1. The Balaban J connectivity index is 1.79. The van der Waals surface area contributed by atoms with Crippen LogP contribution in [0.1, 0.15) is 63.7 Å². The molecule has 1 aliphatic rings. The molecule has 0 spiro atoms. The van der Waals surface area contributed by atoms with E-state index < -0.39 is 52.4 Å². The number of ether oxygens (including phenoxy) is 2. The van der Waals surface area contributed by atoms with Gasteiger partial charge < -0.3 is 50.7 Å². The minimum Gasteiger partial charge on any atom is -0.466 e. The van der Waals surface area contributed by atoms with Gasteiger partial charge in [0.15, 0.2) is 0 Å². The summed E-state index contributed by atoms with van der Waals surface area (Å²) in [5.41, 5.74) is 4.97. The van der Waals surface area contributed by atoms with Gasteiger partial charge in [-0.2, -0.15) is 17.6 Å². The average molecular weight is 877 g/mol. The summed E-state index contributed by atoms with van der Waals surface area (Å²) in [5, 5.41) is 8.07. The maximum absolute atomic E-state index is 12.7. The van der Waals surface area contributed by atoms with Crippen LogP contribution >= 0.6 is 49.9 Å². The van der Waals surface area contributed by atoms with Crippen LogP contribution in [0.2, 0.25) is 0 Å². The van der Waals surface area contributed by atoms with E-state index in [1.807, 2.05) is 0 Å². The standard InChI is InChI=1S/C29H46N6O15P2S3/c1-2-47-26(38)10-7-13-54-55-18-20(33-24(37)17-53)28(39)32-11-5-3-4-9-23(36)31-12-6-8-19-15-35(29(40)34-27(19)30)25-14-21(50-52(44,45)46)22(49-25)16-48-51(41,42)43/h15,20-22,25,53H,2-5,7,9-14,16-18H2,1H3,(H,31,36)(H,32,39)(H,33,37)(H2,30,34,40)(H2,41,42,43)(H2,44,45,46). The third kappa shape index (κ3) is 20.4. The minimum atomic E-state index is -5.07. The number of nitrogen functional groups attached to an aromatic ring is 1. The van der Waals surface area contributed by atoms with Gasteiger partial charge in [-0.15, -0.1) is 0 Å². The molecule has 55 heavy (non-hydrogen) atoms. The zero-order chi connectivity index (χ0) is 41.0. The number of phosphoric acid groups is 2. The number of unbranched alkanes of at least 4 members (excludes halogenated alkanes) is 2. The maximum Gasteiger partial charge on any atom is 0.469 e. The van der Waals surface area contributed by atoms with Crippen molar-refractivity contribution in [3.8, 4) is 11.8 Å². The van der Waals surface area contributed by atoms with Crippen molar-refractivity contribution in [3.63, 3.8) is 0 Å². The normalized spacial score (nSPS) is 17.5. The van der Waals surface area contributed by atoms with Gasteiger partial charge >= 0.3 is 27.3 Å². The Morgan fingerprint density at radius 3 is 2.51 bits per heavy atom. The van der Waals surface area contributed by atoms with Crippen molar-refractivity contribution >= 4 is 79.4 Å². The van der Waals surface area contributed by atoms with Crippen molar-refractivity contribution < 1.29 is 66.4 Å². The lowest BCUT2D eigenvalue weighted by Crippen LogP contribution is -2.48. The van der Waals surface area contributed by atoms with Gasteiger partial charge in [0.1, 0.15) is 30.3 Å². The number of anilines is 1. The van der Waals surface area contributed by atoms with Crippen LogP contribution in [-0.2, 0) is 46.8 Å². The number of carbonyl (C=O) groups excluding carboxylic acids is 4.